The minimum Gasteiger partial charge on any atom is -0.265 e. The molecule has 1 aliphatic carbocycles. The second-order valence-corrected chi connectivity index (χ2v) is 7.76. The molecule has 1 aromatic rings. The van der Waals surface area contributed by atoms with Crippen LogP contribution in [0.1, 0.15) is 32.1 Å². The van der Waals surface area contributed by atoms with E-state index in [1.807, 2.05) is 0 Å². The van der Waals surface area contributed by atoms with Gasteiger partial charge in [0.25, 0.3) is 0 Å². The quantitative estimate of drug-likeness (QED) is 0.848. The molecule has 1 aliphatic rings. The summed E-state index contributed by atoms with van der Waals surface area (Å²) in [5.74, 6) is 0.240. The molecule has 0 aliphatic heterocycles. The topological polar surface area (TPSA) is 72.0 Å². The van der Waals surface area contributed by atoms with Gasteiger partial charge >= 0.3 is 0 Å². The molecule has 2 rings (SSSR count). The molecule has 0 radical (unpaired) electrons. The van der Waals surface area contributed by atoms with Crippen molar-refractivity contribution in [3.8, 4) is 0 Å². The van der Waals surface area contributed by atoms with Gasteiger partial charge in [-0.3, -0.25) is 4.72 Å². The van der Waals surface area contributed by atoms with Crippen LogP contribution in [-0.4, -0.2) is 23.6 Å². The molecule has 1 fully saturated rings. The third-order valence-corrected chi connectivity index (χ3v) is 5.69. The van der Waals surface area contributed by atoms with Crippen LogP contribution in [-0.2, 0) is 10.0 Å². The lowest BCUT2D eigenvalue weighted by molar-refractivity contribution is 0.486. The number of anilines is 1. The Hall–Kier alpha value is -0.210. The smallest absolute Gasteiger partial charge is 0.236 e. The molecule has 1 saturated carbocycles. The zero-order valence-corrected chi connectivity index (χ0v) is 13.6. The largest absolute Gasteiger partial charge is 0.265 e. The Balaban J connectivity index is 2.16. The number of aromatic nitrogens is 2. The summed E-state index contributed by atoms with van der Waals surface area (Å²) >= 11 is 6.36. The lowest BCUT2D eigenvalue weighted by atomic mass is 10.0. The van der Waals surface area contributed by atoms with Gasteiger partial charge in [-0.1, -0.05) is 19.3 Å². The summed E-state index contributed by atoms with van der Waals surface area (Å²) < 4.78 is 27.8. The van der Waals surface area contributed by atoms with E-state index < -0.39 is 10.0 Å². The van der Waals surface area contributed by atoms with E-state index in [2.05, 4.69) is 46.5 Å². The minimum absolute atomic E-state index is 0.240. The van der Waals surface area contributed by atoms with E-state index >= 15 is 0 Å². The lowest BCUT2D eigenvalue weighted by Gasteiger charge is -2.22. The van der Waals surface area contributed by atoms with Crippen molar-refractivity contribution in [2.75, 3.05) is 4.72 Å². The molecule has 8 heteroatoms. The molecule has 0 atom stereocenters. The summed E-state index contributed by atoms with van der Waals surface area (Å²) in [6.45, 7) is 0. The van der Waals surface area contributed by atoms with Gasteiger partial charge in [0.15, 0.2) is 10.4 Å². The summed E-state index contributed by atoms with van der Waals surface area (Å²) in [4.78, 5) is 8.06. The summed E-state index contributed by atoms with van der Waals surface area (Å²) in [5.41, 5.74) is 0. The Labute approximate surface area is 123 Å². The third-order valence-electron chi connectivity index (χ3n) is 2.93. The zero-order valence-electron chi connectivity index (χ0n) is 9.57. The average Bonchev–Trinajstić information content (AvgIpc) is 2.34. The van der Waals surface area contributed by atoms with E-state index in [0.29, 0.717) is 9.21 Å². The molecule has 5 nitrogen and oxygen atoms in total. The predicted molar refractivity (Wildman–Crippen MR) is 76.8 cm³/mol. The standard InChI is InChI=1S/C10H13Br2N3O2S/c11-8-6-13-10(9(12)14-8)15-18(16,17)7-4-2-1-3-5-7/h6-7H,1-5H2,(H,13,15). The number of nitrogens with zero attached hydrogens (tertiary/aromatic N) is 2. The van der Waals surface area contributed by atoms with Crippen molar-refractivity contribution in [1.82, 2.24) is 9.97 Å². The second-order valence-electron chi connectivity index (χ2n) is 4.24. The first kappa shape index (κ1) is 14.2. The summed E-state index contributed by atoms with van der Waals surface area (Å²) in [5, 5.41) is -0.316. The Morgan fingerprint density at radius 3 is 2.50 bits per heavy atom. The highest BCUT2D eigenvalue weighted by Gasteiger charge is 2.28. The Kier molecular flexibility index (Phi) is 4.60. The summed E-state index contributed by atoms with van der Waals surface area (Å²) in [6.07, 6.45) is 5.96. The fourth-order valence-electron chi connectivity index (χ4n) is 2.01. The zero-order chi connectivity index (χ0) is 13.2. The van der Waals surface area contributed by atoms with Gasteiger partial charge in [0.2, 0.25) is 10.0 Å². The molecule has 18 heavy (non-hydrogen) atoms. The van der Waals surface area contributed by atoms with Crippen molar-refractivity contribution in [3.05, 3.63) is 15.4 Å². The molecular formula is C10H13Br2N3O2S. The van der Waals surface area contributed by atoms with Crippen molar-refractivity contribution in [2.45, 2.75) is 37.4 Å². The van der Waals surface area contributed by atoms with Crippen LogP contribution >= 0.6 is 31.9 Å². The van der Waals surface area contributed by atoms with Crippen LogP contribution in [0.5, 0.6) is 0 Å². The summed E-state index contributed by atoms with van der Waals surface area (Å²) in [6, 6.07) is 0. The van der Waals surface area contributed by atoms with Crippen LogP contribution < -0.4 is 4.72 Å². The van der Waals surface area contributed by atoms with Crippen molar-refractivity contribution < 1.29 is 8.42 Å². The fraction of sp³-hybridized carbons (Fsp3) is 0.600. The van der Waals surface area contributed by atoms with E-state index in [-0.39, 0.29) is 11.1 Å². The van der Waals surface area contributed by atoms with Crippen molar-refractivity contribution in [2.24, 2.45) is 0 Å². The molecule has 1 aromatic heterocycles. The van der Waals surface area contributed by atoms with Gasteiger partial charge in [-0.15, -0.1) is 0 Å². The average molecular weight is 399 g/mol. The molecule has 0 unspecified atom stereocenters. The lowest BCUT2D eigenvalue weighted by Crippen LogP contribution is -2.30. The first-order valence-electron chi connectivity index (χ1n) is 5.69. The number of rotatable bonds is 3. The molecule has 0 saturated heterocycles. The van der Waals surface area contributed by atoms with E-state index in [0.717, 1.165) is 32.1 Å². The van der Waals surface area contributed by atoms with Gasteiger partial charge in [0.05, 0.1) is 11.4 Å². The number of hydrogen-bond acceptors (Lipinski definition) is 4. The maximum Gasteiger partial charge on any atom is 0.236 e. The highest BCUT2D eigenvalue weighted by atomic mass is 79.9. The van der Waals surface area contributed by atoms with E-state index in [9.17, 15) is 8.42 Å². The normalized spacial score (nSPS) is 17.7. The number of nitrogens with one attached hydrogen (secondary N) is 1. The molecule has 1 N–H and O–H groups in total. The number of halogens is 2. The van der Waals surface area contributed by atoms with Crippen LogP contribution in [0.25, 0.3) is 0 Å². The Morgan fingerprint density at radius 2 is 1.89 bits per heavy atom. The molecule has 1 heterocycles. The van der Waals surface area contributed by atoms with Crippen LogP contribution in [0.2, 0.25) is 0 Å². The Morgan fingerprint density at radius 1 is 1.22 bits per heavy atom. The fourth-order valence-corrected chi connectivity index (χ4v) is 4.59. The van der Waals surface area contributed by atoms with Crippen molar-refractivity contribution >= 4 is 47.7 Å². The molecule has 0 amide bonds. The van der Waals surface area contributed by atoms with Gasteiger partial charge in [0, 0.05) is 0 Å². The van der Waals surface area contributed by atoms with Crippen molar-refractivity contribution in [1.29, 1.82) is 0 Å². The summed E-state index contributed by atoms with van der Waals surface area (Å²) in [7, 11) is -3.37. The maximum absolute atomic E-state index is 12.2. The highest BCUT2D eigenvalue weighted by molar-refractivity contribution is 9.11. The van der Waals surface area contributed by atoms with Gasteiger partial charge in [0.1, 0.15) is 4.60 Å². The SMILES string of the molecule is O=S(=O)(Nc1ncc(Br)nc1Br)C1CCCCC1. The predicted octanol–water partition coefficient (Wildman–Crippen LogP) is 3.08. The van der Waals surface area contributed by atoms with Crippen LogP contribution in [0.15, 0.2) is 15.4 Å². The van der Waals surface area contributed by atoms with Crippen LogP contribution in [0.3, 0.4) is 0 Å². The number of sulfonamides is 1. The van der Waals surface area contributed by atoms with E-state index in [1.165, 1.54) is 6.20 Å². The Bertz CT molecular complexity index is 530. The molecular weight excluding hydrogens is 386 g/mol. The first-order valence-corrected chi connectivity index (χ1v) is 8.82. The highest BCUT2D eigenvalue weighted by Crippen LogP contribution is 2.27. The maximum atomic E-state index is 12.2. The van der Waals surface area contributed by atoms with Crippen LogP contribution in [0.4, 0.5) is 5.82 Å². The van der Waals surface area contributed by atoms with Crippen LogP contribution in [0, 0.1) is 0 Å². The second kappa shape index (κ2) is 5.83. The molecule has 0 bridgehead atoms. The van der Waals surface area contributed by atoms with Crippen molar-refractivity contribution in [3.63, 3.8) is 0 Å². The monoisotopic (exact) mass is 397 g/mol. The van der Waals surface area contributed by atoms with Gasteiger partial charge < -0.3 is 0 Å². The van der Waals surface area contributed by atoms with E-state index in [4.69, 9.17) is 0 Å². The third kappa shape index (κ3) is 3.42. The van der Waals surface area contributed by atoms with Gasteiger partial charge in [-0.25, -0.2) is 18.4 Å². The molecule has 0 aromatic carbocycles. The molecule has 0 spiro atoms. The molecule has 100 valence electrons. The van der Waals surface area contributed by atoms with Gasteiger partial charge in [-0.05, 0) is 44.7 Å². The van der Waals surface area contributed by atoms with E-state index in [1.54, 1.807) is 0 Å². The first-order chi connectivity index (χ1) is 8.49. The van der Waals surface area contributed by atoms with Gasteiger partial charge in [-0.2, -0.15) is 0 Å². The minimum atomic E-state index is -3.37. The number of hydrogen-bond donors (Lipinski definition) is 1.